The Morgan fingerprint density at radius 2 is 1.58 bits per heavy atom. The van der Waals surface area contributed by atoms with Gasteiger partial charge in [-0.3, -0.25) is 0 Å². The van der Waals surface area contributed by atoms with Crippen LogP contribution in [0.25, 0.3) is 11.1 Å². The maximum absolute atomic E-state index is 6.16. The van der Waals surface area contributed by atoms with E-state index in [2.05, 4.69) is 46.4 Å². The van der Waals surface area contributed by atoms with Crippen molar-refractivity contribution in [2.45, 2.75) is 6.04 Å². The van der Waals surface area contributed by atoms with Gasteiger partial charge in [0.25, 0.3) is 0 Å². The Morgan fingerprint density at radius 1 is 0.895 bits per heavy atom. The van der Waals surface area contributed by atoms with E-state index in [1.165, 1.54) is 11.1 Å². The van der Waals surface area contributed by atoms with Gasteiger partial charge in [0.05, 0.1) is 6.04 Å². The average molecular weight is 249 g/mol. The lowest BCUT2D eigenvalue weighted by Crippen LogP contribution is -2.13. The van der Waals surface area contributed by atoms with Gasteiger partial charge in [0.15, 0.2) is 0 Å². The standard InChI is InChI=1S/C16H15N3/c17-15(16-18-10-11-19-16)14-8-6-13(7-9-14)12-4-2-1-3-5-12/h1-11,15H,17H2,(H,18,19). The van der Waals surface area contributed by atoms with Crippen LogP contribution in [-0.4, -0.2) is 9.97 Å². The van der Waals surface area contributed by atoms with Crippen molar-refractivity contribution in [3.05, 3.63) is 78.4 Å². The monoisotopic (exact) mass is 249 g/mol. The van der Waals surface area contributed by atoms with E-state index in [0.717, 1.165) is 11.4 Å². The number of aromatic nitrogens is 2. The molecule has 0 amide bonds. The quantitative estimate of drug-likeness (QED) is 0.749. The molecular weight excluding hydrogens is 234 g/mol. The van der Waals surface area contributed by atoms with Crippen molar-refractivity contribution in [1.29, 1.82) is 0 Å². The maximum Gasteiger partial charge on any atom is 0.127 e. The van der Waals surface area contributed by atoms with Gasteiger partial charge in [0.2, 0.25) is 0 Å². The zero-order valence-corrected chi connectivity index (χ0v) is 10.5. The molecule has 1 unspecified atom stereocenters. The van der Waals surface area contributed by atoms with Crippen LogP contribution in [0.4, 0.5) is 0 Å². The number of nitrogens with zero attached hydrogens (tertiary/aromatic N) is 1. The normalized spacial score (nSPS) is 12.3. The van der Waals surface area contributed by atoms with E-state index in [-0.39, 0.29) is 6.04 Å². The molecule has 2 aromatic carbocycles. The largest absolute Gasteiger partial charge is 0.347 e. The minimum atomic E-state index is -0.208. The maximum atomic E-state index is 6.16. The van der Waals surface area contributed by atoms with E-state index in [1.54, 1.807) is 12.4 Å². The van der Waals surface area contributed by atoms with E-state index in [4.69, 9.17) is 5.73 Å². The smallest absolute Gasteiger partial charge is 0.127 e. The highest BCUT2D eigenvalue weighted by atomic mass is 14.9. The van der Waals surface area contributed by atoms with Crippen LogP contribution in [0.5, 0.6) is 0 Å². The van der Waals surface area contributed by atoms with Crippen molar-refractivity contribution in [2.24, 2.45) is 5.73 Å². The number of hydrogen-bond donors (Lipinski definition) is 2. The van der Waals surface area contributed by atoms with Gasteiger partial charge in [-0.25, -0.2) is 4.98 Å². The lowest BCUT2D eigenvalue weighted by atomic mass is 10.0. The third kappa shape index (κ3) is 2.41. The molecule has 0 radical (unpaired) electrons. The molecule has 0 bridgehead atoms. The number of aromatic amines is 1. The molecule has 1 atom stereocenters. The first-order valence-electron chi connectivity index (χ1n) is 6.25. The van der Waals surface area contributed by atoms with E-state index < -0.39 is 0 Å². The molecule has 3 heteroatoms. The summed E-state index contributed by atoms with van der Waals surface area (Å²) < 4.78 is 0. The third-order valence-corrected chi connectivity index (χ3v) is 3.19. The SMILES string of the molecule is NC(c1ccc(-c2ccccc2)cc1)c1ncc[nH]1. The molecule has 0 saturated carbocycles. The van der Waals surface area contributed by atoms with E-state index in [0.29, 0.717) is 0 Å². The third-order valence-electron chi connectivity index (χ3n) is 3.19. The predicted octanol–water partition coefficient (Wildman–Crippen LogP) is 3.12. The van der Waals surface area contributed by atoms with E-state index in [1.807, 2.05) is 18.2 Å². The van der Waals surface area contributed by atoms with Gasteiger partial charge in [-0.05, 0) is 16.7 Å². The van der Waals surface area contributed by atoms with Crippen molar-refractivity contribution >= 4 is 0 Å². The minimum Gasteiger partial charge on any atom is -0.347 e. The van der Waals surface area contributed by atoms with Gasteiger partial charge in [-0.1, -0.05) is 54.6 Å². The molecule has 3 nitrogen and oxygen atoms in total. The molecule has 3 aromatic rings. The van der Waals surface area contributed by atoms with Crippen LogP contribution in [0.1, 0.15) is 17.4 Å². The second kappa shape index (κ2) is 5.08. The lowest BCUT2D eigenvalue weighted by Gasteiger charge is -2.10. The second-order valence-electron chi connectivity index (χ2n) is 4.44. The first-order valence-corrected chi connectivity index (χ1v) is 6.25. The van der Waals surface area contributed by atoms with Crippen LogP contribution in [0.3, 0.4) is 0 Å². The predicted molar refractivity (Wildman–Crippen MR) is 76.5 cm³/mol. The molecule has 0 aliphatic carbocycles. The number of rotatable bonds is 3. The van der Waals surface area contributed by atoms with Gasteiger partial charge < -0.3 is 10.7 Å². The summed E-state index contributed by atoms with van der Waals surface area (Å²) in [4.78, 5) is 7.24. The molecule has 0 fully saturated rings. The van der Waals surface area contributed by atoms with Crippen LogP contribution in [-0.2, 0) is 0 Å². The highest BCUT2D eigenvalue weighted by Crippen LogP contribution is 2.22. The number of nitrogens with one attached hydrogen (secondary N) is 1. The molecule has 3 rings (SSSR count). The first kappa shape index (κ1) is 11.7. The fourth-order valence-corrected chi connectivity index (χ4v) is 2.12. The van der Waals surface area contributed by atoms with Crippen LogP contribution in [0, 0.1) is 0 Å². The Labute approximate surface area is 112 Å². The Balaban J connectivity index is 1.87. The number of imidazole rings is 1. The molecule has 0 saturated heterocycles. The summed E-state index contributed by atoms with van der Waals surface area (Å²) in [6.45, 7) is 0. The van der Waals surface area contributed by atoms with Crippen LogP contribution in [0.2, 0.25) is 0 Å². The van der Waals surface area contributed by atoms with Gasteiger partial charge >= 0.3 is 0 Å². The first-order chi connectivity index (χ1) is 9.34. The zero-order valence-electron chi connectivity index (χ0n) is 10.5. The van der Waals surface area contributed by atoms with Crippen molar-refractivity contribution in [3.63, 3.8) is 0 Å². The fraction of sp³-hybridized carbons (Fsp3) is 0.0625. The lowest BCUT2D eigenvalue weighted by molar-refractivity contribution is 0.801. The topological polar surface area (TPSA) is 54.7 Å². The van der Waals surface area contributed by atoms with Gasteiger partial charge in [-0.15, -0.1) is 0 Å². The molecule has 0 aliphatic heterocycles. The Hall–Kier alpha value is -2.39. The number of nitrogens with two attached hydrogens (primary N) is 1. The van der Waals surface area contributed by atoms with Gasteiger partial charge in [-0.2, -0.15) is 0 Å². The average Bonchev–Trinajstić information content (AvgIpc) is 3.02. The summed E-state index contributed by atoms with van der Waals surface area (Å²) in [6, 6.07) is 18.4. The molecule has 1 heterocycles. The summed E-state index contributed by atoms with van der Waals surface area (Å²) in [7, 11) is 0. The second-order valence-corrected chi connectivity index (χ2v) is 4.44. The van der Waals surface area contributed by atoms with Crippen molar-refractivity contribution in [2.75, 3.05) is 0 Å². The Bertz CT molecular complexity index is 628. The number of benzene rings is 2. The molecule has 0 spiro atoms. The summed E-state index contributed by atoms with van der Waals surface area (Å²) >= 11 is 0. The molecule has 19 heavy (non-hydrogen) atoms. The van der Waals surface area contributed by atoms with Crippen molar-refractivity contribution in [3.8, 4) is 11.1 Å². The van der Waals surface area contributed by atoms with E-state index >= 15 is 0 Å². The molecule has 94 valence electrons. The molecule has 3 N–H and O–H groups in total. The highest BCUT2D eigenvalue weighted by Gasteiger charge is 2.10. The highest BCUT2D eigenvalue weighted by molar-refractivity contribution is 5.63. The summed E-state index contributed by atoms with van der Waals surface area (Å²) in [5.41, 5.74) is 9.61. The number of hydrogen-bond acceptors (Lipinski definition) is 2. The molecular formula is C16H15N3. The van der Waals surface area contributed by atoms with E-state index in [9.17, 15) is 0 Å². The minimum absolute atomic E-state index is 0.208. The Morgan fingerprint density at radius 3 is 2.21 bits per heavy atom. The zero-order chi connectivity index (χ0) is 13.1. The van der Waals surface area contributed by atoms with Crippen LogP contribution >= 0.6 is 0 Å². The van der Waals surface area contributed by atoms with Crippen molar-refractivity contribution < 1.29 is 0 Å². The van der Waals surface area contributed by atoms with Crippen molar-refractivity contribution in [1.82, 2.24) is 9.97 Å². The van der Waals surface area contributed by atoms with Gasteiger partial charge in [0, 0.05) is 12.4 Å². The Kier molecular flexibility index (Phi) is 3.12. The summed E-state index contributed by atoms with van der Waals surface area (Å²) in [5.74, 6) is 0.785. The van der Waals surface area contributed by atoms with Crippen LogP contribution < -0.4 is 5.73 Å². The summed E-state index contributed by atoms with van der Waals surface area (Å²) in [6.07, 6.45) is 3.50. The van der Waals surface area contributed by atoms with Crippen LogP contribution in [0.15, 0.2) is 67.0 Å². The summed E-state index contributed by atoms with van der Waals surface area (Å²) in [5, 5.41) is 0. The van der Waals surface area contributed by atoms with Gasteiger partial charge in [0.1, 0.15) is 5.82 Å². The molecule has 0 aliphatic rings. The number of H-pyrrole nitrogens is 1. The fourth-order valence-electron chi connectivity index (χ4n) is 2.12. The molecule has 1 aromatic heterocycles.